The van der Waals surface area contributed by atoms with Crippen LogP contribution in [0, 0.1) is 13.8 Å². The van der Waals surface area contributed by atoms with E-state index >= 15 is 0 Å². The molecule has 0 fully saturated rings. The molecule has 2 aromatic rings. The van der Waals surface area contributed by atoms with E-state index in [1.54, 1.807) is 31.4 Å². The highest BCUT2D eigenvalue weighted by Gasteiger charge is 2.19. The third-order valence-corrected chi connectivity index (χ3v) is 4.14. The van der Waals surface area contributed by atoms with Gasteiger partial charge in [-0.2, -0.15) is 0 Å². The Morgan fingerprint density at radius 3 is 2.52 bits per heavy atom. The maximum Gasteiger partial charge on any atom is 0.252 e. The van der Waals surface area contributed by atoms with Crippen LogP contribution in [0.2, 0.25) is 0 Å². The molecule has 1 aromatic carbocycles. The van der Waals surface area contributed by atoms with Crippen molar-refractivity contribution in [2.75, 3.05) is 20.3 Å². The molecule has 1 heterocycles. The highest BCUT2D eigenvalue weighted by molar-refractivity contribution is 5.99. The van der Waals surface area contributed by atoms with Crippen molar-refractivity contribution in [1.29, 1.82) is 0 Å². The van der Waals surface area contributed by atoms with Crippen LogP contribution < -0.4 is 10.5 Å². The van der Waals surface area contributed by atoms with Gasteiger partial charge in [-0.25, -0.2) is 0 Å². The van der Waals surface area contributed by atoms with Gasteiger partial charge in [0.05, 0.1) is 18.2 Å². The summed E-state index contributed by atoms with van der Waals surface area (Å²) in [6.45, 7) is 6.31. The number of carbonyl (C=O) groups is 2. The molecule has 6 heteroatoms. The van der Waals surface area contributed by atoms with E-state index < -0.39 is 5.91 Å². The minimum atomic E-state index is -0.588. The third-order valence-electron chi connectivity index (χ3n) is 4.14. The van der Waals surface area contributed by atoms with Crippen molar-refractivity contribution in [2.45, 2.75) is 26.8 Å². The fourth-order valence-corrected chi connectivity index (χ4v) is 3.07. The number of aromatic nitrogens is 1. The Kier molecular flexibility index (Phi) is 5.98. The molecule has 0 bridgehead atoms. The molecule has 134 valence electrons. The number of amides is 1. The Morgan fingerprint density at radius 1 is 1.20 bits per heavy atom. The number of benzene rings is 1. The summed E-state index contributed by atoms with van der Waals surface area (Å²) in [6, 6.07) is 8.60. The average molecular weight is 344 g/mol. The fraction of sp³-hybridized carbons (Fsp3) is 0.368. The number of ketones is 1. The van der Waals surface area contributed by atoms with Crippen LogP contribution in [0.5, 0.6) is 5.75 Å². The number of aryl methyl sites for hydroxylation is 1. The SMILES string of the molecule is COC[C@@H](C)n1c(C)cc(C(=O)COc2ccccc2C(N)=O)c1C. The Labute approximate surface area is 147 Å². The number of Topliss-reactive ketones (excluding diaryl/α,β-unsaturated/α-hetero) is 1. The average Bonchev–Trinajstić information content (AvgIpc) is 2.87. The van der Waals surface area contributed by atoms with Gasteiger partial charge in [-0.15, -0.1) is 0 Å². The number of nitrogens with zero attached hydrogens (tertiary/aromatic N) is 1. The smallest absolute Gasteiger partial charge is 0.252 e. The van der Waals surface area contributed by atoms with E-state index in [-0.39, 0.29) is 24.0 Å². The Bertz CT molecular complexity index is 780. The molecule has 0 saturated heterocycles. The molecule has 0 unspecified atom stereocenters. The van der Waals surface area contributed by atoms with Crippen molar-refractivity contribution >= 4 is 11.7 Å². The monoisotopic (exact) mass is 344 g/mol. The first kappa shape index (κ1) is 18.7. The van der Waals surface area contributed by atoms with Crippen molar-refractivity contribution in [1.82, 2.24) is 4.57 Å². The van der Waals surface area contributed by atoms with Crippen molar-refractivity contribution in [2.24, 2.45) is 5.73 Å². The van der Waals surface area contributed by atoms with Gasteiger partial charge in [-0.05, 0) is 39.0 Å². The number of primary amides is 1. The zero-order chi connectivity index (χ0) is 18.6. The third kappa shape index (κ3) is 4.09. The molecule has 0 radical (unpaired) electrons. The lowest BCUT2D eigenvalue weighted by Crippen LogP contribution is -2.18. The second-order valence-corrected chi connectivity index (χ2v) is 6.03. The number of hydrogen-bond donors (Lipinski definition) is 1. The topological polar surface area (TPSA) is 83.6 Å². The molecule has 0 aliphatic rings. The first-order chi connectivity index (χ1) is 11.9. The summed E-state index contributed by atoms with van der Waals surface area (Å²) in [5, 5.41) is 0. The Balaban J connectivity index is 2.17. The minimum Gasteiger partial charge on any atom is -0.485 e. The van der Waals surface area contributed by atoms with Crippen LogP contribution in [0.4, 0.5) is 0 Å². The predicted octanol–water partition coefficient (Wildman–Crippen LogP) is 2.67. The van der Waals surface area contributed by atoms with Crippen molar-refractivity contribution in [3.63, 3.8) is 0 Å². The van der Waals surface area contributed by atoms with Crippen molar-refractivity contribution in [3.05, 3.63) is 52.8 Å². The summed E-state index contributed by atoms with van der Waals surface area (Å²) in [6.07, 6.45) is 0. The number of nitrogens with two attached hydrogens (primary N) is 1. The molecular weight excluding hydrogens is 320 g/mol. The second kappa shape index (κ2) is 7.98. The Hall–Kier alpha value is -2.60. The van der Waals surface area contributed by atoms with E-state index in [9.17, 15) is 9.59 Å². The lowest BCUT2D eigenvalue weighted by molar-refractivity contribution is 0.0911. The van der Waals surface area contributed by atoms with Gasteiger partial charge in [0, 0.05) is 24.1 Å². The van der Waals surface area contributed by atoms with Gasteiger partial charge in [0.25, 0.3) is 5.91 Å². The van der Waals surface area contributed by atoms with Crippen LogP contribution in [0.1, 0.15) is 45.1 Å². The molecule has 2 N–H and O–H groups in total. The second-order valence-electron chi connectivity index (χ2n) is 6.03. The number of ether oxygens (including phenoxy) is 2. The van der Waals surface area contributed by atoms with E-state index in [0.29, 0.717) is 17.9 Å². The number of para-hydroxylation sites is 1. The zero-order valence-electron chi connectivity index (χ0n) is 15.0. The van der Waals surface area contributed by atoms with Crippen LogP contribution in [0.15, 0.2) is 30.3 Å². The highest BCUT2D eigenvalue weighted by Crippen LogP contribution is 2.22. The highest BCUT2D eigenvalue weighted by atomic mass is 16.5. The summed E-state index contributed by atoms with van der Waals surface area (Å²) in [5.41, 5.74) is 8.05. The molecule has 1 atom stereocenters. The van der Waals surface area contributed by atoms with Crippen LogP contribution >= 0.6 is 0 Å². The maximum absolute atomic E-state index is 12.6. The number of rotatable bonds is 8. The van der Waals surface area contributed by atoms with Crippen LogP contribution in [-0.4, -0.2) is 36.6 Å². The van der Waals surface area contributed by atoms with E-state index in [0.717, 1.165) is 11.4 Å². The number of methoxy groups -OCH3 is 1. The zero-order valence-corrected chi connectivity index (χ0v) is 15.0. The summed E-state index contributed by atoms with van der Waals surface area (Å²) in [5.74, 6) is -0.428. The van der Waals surface area contributed by atoms with Crippen LogP contribution in [-0.2, 0) is 4.74 Å². The van der Waals surface area contributed by atoms with Crippen LogP contribution in [0.3, 0.4) is 0 Å². The van der Waals surface area contributed by atoms with Crippen molar-refractivity contribution < 1.29 is 19.1 Å². The first-order valence-corrected chi connectivity index (χ1v) is 8.09. The molecule has 1 aromatic heterocycles. The summed E-state index contributed by atoms with van der Waals surface area (Å²) in [7, 11) is 1.65. The summed E-state index contributed by atoms with van der Waals surface area (Å²) < 4.78 is 12.8. The normalized spacial score (nSPS) is 12.0. The molecule has 1 amide bonds. The molecule has 0 aliphatic heterocycles. The first-order valence-electron chi connectivity index (χ1n) is 8.09. The van der Waals surface area contributed by atoms with Gasteiger partial charge in [0.15, 0.2) is 6.61 Å². The minimum absolute atomic E-state index is 0.128. The van der Waals surface area contributed by atoms with E-state index in [2.05, 4.69) is 4.57 Å². The van der Waals surface area contributed by atoms with Gasteiger partial charge >= 0.3 is 0 Å². The standard InChI is InChI=1S/C19H24N2O4/c1-12-9-16(14(3)21(12)13(2)10-24-4)17(22)11-25-18-8-6-5-7-15(18)19(20)23/h5-9,13H,10-11H2,1-4H3,(H2,20,23)/t13-/m1/s1. The van der Waals surface area contributed by atoms with Crippen LogP contribution in [0.25, 0.3) is 0 Å². The quantitative estimate of drug-likeness (QED) is 0.746. The maximum atomic E-state index is 12.6. The summed E-state index contributed by atoms with van der Waals surface area (Å²) >= 11 is 0. The van der Waals surface area contributed by atoms with E-state index in [1.165, 1.54) is 0 Å². The molecular formula is C19H24N2O4. The molecule has 2 rings (SSSR count). The Morgan fingerprint density at radius 2 is 1.88 bits per heavy atom. The number of carbonyl (C=O) groups excluding carboxylic acids is 2. The predicted molar refractivity (Wildman–Crippen MR) is 95.3 cm³/mol. The molecule has 0 aliphatic carbocycles. The van der Waals surface area contributed by atoms with E-state index in [4.69, 9.17) is 15.2 Å². The fourth-order valence-electron chi connectivity index (χ4n) is 3.07. The van der Waals surface area contributed by atoms with Gasteiger partial charge in [-0.3, -0.25) is 9.59 Å². The summed E-state index contributed by atoms with van der Waals surface area (Å²) in [4.78, 5) is 24.0. The number of hydrogen-bond acceptors (Lipinski definition) is 4. The molecule has 0 saturated carbocycles. The van der Waals surface area contributed by atoms with Gasteiger partial charge in [-0.1, -0.05) is 12.1 Å². The largest absolute Gasteiger partial charge is 0.485 e. The van der Waals surface area contributed by atoms with Crippen molar-refractivity contribution in [3.8, 4) is 5.75 Å². The van der Waals surface area contributed by atoms with Gasteiger partial charge in [0.1, 0.15) is 5.75 Å². The molecule has 25 heavy (non-hydrogen) atoms. The molecule has 0 spiro atoms. The lowest BCUT2D eigenvalue weighted by Gasteiger charge is -2.17. The van der Waals surface area contributed by atoms with Gasteiger partial charge in [0.2, 0.25) is 5.78 Å². The lowest BCUT2D eigenvalue weighted by atomic mass is 10.1. The molecule has 6 nitrogen and oxygen atoms in total. The van der Waals surface area contributed by atoms with E-state index in [1.807, 2.05) is 26.8 Å². The van der Waals surface area contributed by atoms with Gasteiger partial charge < -0.3 is 19.8 Å².